The molecule has 0 fully saturated rings. The lowest BCUT2D eigenvalue weighted by atomic mass is 10.1. The van der Waals surface area contributed by atoms with Crippen LogP contribution in [0.25, 0.3) is 0 Å². The third kappa shape index (κ3) is 3.69. The number of phenols is 1. The van der Waals surface area contributed by atoms with Crippen molar-refractivity contribution >= 4 is 27.8 Å². The Hall–Kier alpha value is -1.25. The number of nitrogens with zero attached hydrogens (tertiary/aromatic N) is 1. The summed E-state index contributed by atoms with van der Waals surface area (Å²) in [6.07, 6.45) is 1.88. The van der Waals surface area contributed by atoms with Crippen LogP contribution in [0.1, 0.15) is 22.8 Å². The first kappa shape index (κ1) is 17.8. The molecule has 0 heterocycles. The third-order valence-corrected chi connectivity index (χ3v) is 6.14. The predicted molar refractivity (Wildman–Crippen MR) is 82.6 cm³/mol. The van der Waals surface area contributed by atoms with Gasteiger partial charge in [0.2, 0.25) is 10.0 Å². The average molecular weight is 333 g/mol. The van der Waals surface area contributed by atoms with E-state index in [0.29, 0.717) is 11.3 Å². The Balaban J connectivity index is 3.38. The van der Waals surface area contributed by atoms with E-state index in [9.17, 15) is 18.3 Å². The summed E-state index contributed by atoms with van der Waals surface area (Å²) < 4.78 is 26.4. The van der Waals surface area contributed by atoms with Gasteiger partial charge in [-0.05, 0) is 37.8 Å². The molecule has 21 heavy (non-hydrogen) atoms. The Bertz CT molecular complexity index is 642. The van der Waals surface area contributed by atoms with Gasteiger partial charge in [0.1, 0.15) is 11.3 Å². The Morgan fingerprint density at radius 3 is 2.48 bits per heavy atom. The van der Waals surface area contributed by atoms with Gasteiger partial charge in [-0.3, -0.25) is 0 Å². The minimum atomic E-state index is -3.82. The molecule has 118 valence electrons. The van der Waals surface area contributed by atoms with Crippen LogP contribution in [-0.4, -0.2) is 54.0 Å². The number of carboxylic acid groups (broad SMARTS) is 1. The Morgan fingerprint density at radius 2 is 2.00 bits per heavy atom. The fourth-order valence-electron chi connectivity index (χ4n) is 1.86. The molecule has 1 aromatic carbocycles. The number of aromatic hydroxyl groups is 1. The van der Waals surface area contributed by atoms with E-state index in [2.05, 4.69) is 0 Å². The van der Waals surface area contributed by atoms with Gasteiger partial charge in [0.05, 0.1) is 4.90 Å². The number of sulfonamides is 1. The molecule has 0 spiro atoms. The zero-order valence-corrected chi connectivity index (χ0v) is 14.0. The van der Waals surface area contributed by atoms with Crippen molar-refractivity contribution in [3.8, 4) is 5.75 Å². The molecule has 0 radical (unpaired) electrons. The molecule has 6 nitrogen and oxygen atoms in total. The molecule has 0 bridgehead atoms. The SMILES string of the molecule is CSCC(C)N(C)S(=O)(=O)c1cc(C(=O)O)c(O)cc1C. The van der Waals surface area contributed by atoms with Gasteiger partial charge < -0.3 is 10.2 Å². The van der Waals surface area contributed by atoms with Crippen molar-refractivity contribution in [2.75, 3.05) is 19.1 Å². The van der Waals surface area contributed by atoms with Gasteiger partial charge in [-0.25, -0.2) is 13.2 Å². The van der Waals surface area contributed by atoms with Crippen molar-refractivity contribution in [3.63, 3.8) is 0 Å². The van der Waals surface area contributed by atoms with E-state index in [1.807, 2.05) is 6.26 Å². The Labute approximate surface area is 128 Å². The zero-order valence-electron chi connectivity index (χ0n) is 12.3. The molecule has 1 aromatic rings. The largest absolute Gasteiger partial charge is 0.507 e. The summed E-state index contributed by atoms with van der Waals surface area (Å²) in [7, 11) is -2.36. The standard InChI is InChI=1S/C13H19NO5S2/c1-8-5-11(15)10(13(16)17)6-12(8)21(18,19)14(3)9(2)7-20-4/h5-6,9,15H,7H2,1-4H3,(H,16,17). The van der Waals surface area contributed by atoms with Crippen LogP contribution in [0.3, 0.4) is 0 Å². The molecule has 0 aromatic heterocycles. The number of thioether (sulfide) groups is 1. The average Bonchev–Trinajstić information content (AvgIpc) is 2.37. The first-order chi connectivity index (χ1) is 9.62. The van der Waals surface area contributed by atoms with Crippen molar-refractivity contribution in [2.24, 2.45) is 0 Å². The lowest BCUT2D eigenvalue weighted by molar-refractivity contribution is 0.0693. The van der Waals surface area contributed by atoms with Crippen LogP contribution in [0.2, 0.25) is 0 Å². The number of carbonyl (C=O) groups is 1. The maximum Gasteiger partial charge on any atom is 0.339 e. The Kier molecular flexibility index (Phi) is 5.66. The minimum Gasteiger partial charge on any atom is -0.507 e. The van der Waals surface area contributed by atoms with Gasteiger partial charge in [-0.1, -0.05) is 0 Å². The second kappa shape index (κ2) is 6.67. The molecule has 8 heteroatoms. The maximum atomic E-state index is 12.6. The second-order valence-corrected chi connectivity index (χ2v) is 7.64. The molecule has 2 N–H and O–H groups in total. The van der Waals surface area contributed by atoms with Gasteiger partial charge >= 0.3 is 5.97 Å². The molecule has 0 aliphatic rings. The monoisotopic (exact) mass is 333 g/mol. The van der Waals surface area contributed by atoms with Crippen molar-refractivity contribution in [1.29, 1.82) is 0 Å². The van der Waals surface area contributed by atoms with Crippen molar-refractivity contribution < 1.29 is 23.4 Å². The highest BCUT2D eigenvalue weighted by Crippen LogP contribution is 2.28. The predicted octanol–water partition coefficient (Wildman–Crippen LogP) is 1.77. The summed E-state index contributed by atoms with van der Waals surface area (Å²) in [6, 6.07) is 1.93. The van der Waals surface area contributed by atoms with Crippen LogP contribution < -0.4 is 0 Å². The molecule has 1 unspecified atom stereocenters. The van der Waals surface area contributed by atoms with Crippen molar-refractivity contribution in [1.82, 2.24) is 4.31 Å². The van der Waals surface area contributed by atoms with E-state index in [0.717, 1.165) is 12.1 Å². The van der Waals surface area contributed by atoms with Crippen LogP contribution in [0.4, 0.5) is 0 Å². The highest BCUT2D eigenvalue weighted by atomic mass is 32.2. The fraction of sp³-hybridized carbons (Fsp3) is 0.462. The summed E-state index contributed by atoms with van der Waals surface area (Å²) in [5.41, 5.74) is -0.120. The molecule has 0 saturated heterocycles. The number of rotatable bonds is 6. The number of aromatic carboxylic acids is 1. The molecular formula is C13H19NO5S2. The van der Waals surface area contributed by atoms with E-state index in [4.69, 9.17) is 5.11 Å². The number of benzene rings is 1. The second-order valence-electron chi connectivity index (χ2n) is 4.77. The van der Waals surface area contributed by atoms with Gasteiger partial charge in [-0.15, -0.1) is 0 Å². The van der Waals surface area contributed by atoms with Gasteiger partial charge in [0, 0.05) is 18.8 Å². The van der Waals surface area contributed by atoms with E-state index in [-0.39, 0.29) is 10.9 Å². The molecule has 0 aliphatic carbocycles. The van der Waals surface area contributed by atoms with Crippen molar-refractivity contribution in [3.05, 3.63) is 23.3 Å². The maximum absolute atomic E-state index is 12.6. The van der Waals surface area contributed by atoms with E-state index in [1.165, 1.54) is 30.0 Å². The quantitative estimate of drug-likeness (QED) is 0.824. The van der Waals surface area contributed by atoms with Gasteiger partial charge in [0.25, 0.3) is 0 Å². The molecular weight excluding hydrogens is 314 g/mol. The van der Waals surface area contributed by atoms with Gasteiger partial charge in [-0.2, -0.15) is 16.1 Å². The van der Waals surface area contributed by atoms with Gasteiger partial charge in [0.15, 0.2) is 0 Å². The summed E-state index contributed by atoms with van der Waals surface area (Å²) >= 11 is 1.52. The highest BCUT2D eigenvalue weighted by Gasteiger charge is 2.28. The van der Waals surface area contributed by atoms with Crippen LogP contribution in [0.5, 0.6) is 5.75 Å². The number of carboxylic acids is 1. The molecule has 0 aliphatic heterocycles. The van der Waals surface area contributed by atoms with Crippen LogP contribution >= 0.6 is 11.8 Å². The van der Waals surface area contributed by atoms with Crippen LogP contribution in [0.15, 0.2) is 17.0 Å². The van der Waals surface area contributed by atoms with Crippen LogP contribution in [0, 0.1) is 6.92 Å². The minimum absolute atomic E-state index is 0.104. The normalized spacial score (nSPS) is 13.4. The third-order valence-electron chi connectivity index (χ3n) is 3.21. The molecule has 0 amide bonds. The number of hydrogen-bond donors (Lipinski definition) is 2. The van der Waals surface area contributed by atoms with Crippen molar-refractivity contribution in [2.45, 2.75) is 24.8 Å². The van der Waals surface area contributed by atoms with E-state index >= 15 is 0 Å². The smallest absolute Gasteiger partial charge is 0.339 e. The van der Waals surface area contributed by atoms with E-state index < -0.39 is 27.3 Å². The lowest BCUT2D eigenvalue weighted by Crippen LogP contribution is -2.37. The molecule has 1 atom stereocenters. The Morgan fingerprint density at radius 1 is 1.43 bits per heavy atom. The van der Waals surface area contributed by atoms with Crippen LogP contribution in [-0.2, 0) is 10.0 Å². The summed E-state index contributed by atoms with van der Waals surface area (Å²) in [5.74, 6) is -1.19. The first-order valence-electron chi connectivity index (χ1n) is 6.16. The fourth-order valence-corrected chi connectivity index (χ4v) is 4.25. The molecule has 1 rings (SSSR count). The lowest BCUT2D eigenvalue weighted by Gasteiger charge is -2.24. The first-order valence-corrected chi connectivity index (χ1v) is 9.00. The highest BCUT2D eigenvalue weighted by molar-refractivity contribution is 7.98. The topological polar surface area (TPSA) is 94.9 Å². The molecule has 0 saturated carbocycles. The zero-order chi connectivity index (χ0) is 16.4. The summed E-state index contributed by atoms with van der Waals surface area (Å²) in [5, 5.41) is 18.6. The summed E-state index contributed by atoms with van der Waals surface area (Å²) in [6.45, 7) is 3.30. The summed E-state index contributed by atoms with van der Waals surface area (Å²) in [4.78, 5) is 10.9. The van der Waals surface area contributed by atoms with E-state index in [1.54, 1.807) is 6.92 Å². The number of hydrogen-bond acceptors (Lipinski definition) is 5. The number of aryl methyl sites for hydroxylation is 1.